The summed E-state index contributed by atoms with van der Waals surface area (Å²) in [6.07, 6.45) is 7.29. The molecule has 0 bridgehead atoms. The van der Waals surface area contributed by atoms with Gasteiger partial charge in [-0.3, -0.25) is 14.7 Å². The predicted octanol–water partition coefficient (Wildman–Crippen LogP) is 2.77. The standard InChI is InChI=1S/C20H34N6O.HI/c1-4-17-7-5-6-13-26(17)14-12-23-20(21-3)22-11-10-19(27)25-18-9-8-16(2)15-24-18;/h8-9,15,17H,4-7,10-14H2,1-3H3,(H2,21,22,23)(H,24,25,27);1H. The summed E-state index contributed by atoms with van der Waals surface area (Å²) in [7, 11) is 1.75. The van der Waals surface area contributed by atoms with Crippen molar-refractivity contribution in [3.8, 4) is 0 Å². The molecule has 0 saturated carbocycles. The van der Waals surface area contributed by atoms with E-state index < -0.39 is 0 Å². The van der Waals surface area contributed by atoms with Crippen LogP contribution in [0.5, 0.6) is 0 Å². The number of piperidine rings is 1. The fraction of sp³-hybridized carbons (Fsp3) is 0.650. The Morgan fingerprint density at radius 1 is 1.29 bits per heavy atom. The first-order valence-electron chi connectivity index (χ1n) is 10.0. The molecule has 1 saturated heterocycles. The largest absolute Gasteiger partial charge is 0.356 e. The second-order valence-electron chi connectivity index (χ2n) is 7.04. The van der Waals surface area contributed by atoms with Crippen LogP contribution < -0.4 is 16.0 Å². The highest BCUT2D eigenvalue weighted by molar-refractivity contribution is 14.0. The van der Waals surface area contributed by atoms with Gasteiger partial charge < -0.3 is 16.0 Å². The Kier molecular flexibility index (Phi) is 12.1. The highest BCUT2D eigenvalue weighted by Gasteiger charge is 2.19. The van der Waals surface area contributed by atoms with Gasteiger partial charge in [0.15, 0.2) is 5.96 Å². The summed E-state index contributed by atoms with van der Waals surface area (Å²) in [5.74, 6) is 1.26. The van der Waals surface area contributed by atoms with Gasteiger partial charge in [-0.2, -0.15) is 0 Å². The van der Waals surface area contributed by atoms with E-state index in [4.69, 9.17) is 0 Å². The van der Waals surface area contributed by atoms with E-state index in [1.807, 2.05) is 19.1 Å². The van der Waals surface area contributed by atoms with Gasteiger partial charge in [-0.15, -0.1) is 24.0 Å². The lowest BCUT2D eigenvalue weighted by molar-refractivity contribution is -0.116. The lowest BCUT2D eigenvalue weighted by Gasteiger charge is -2.35. The van der Waals surface area contributed by atoms with Crippen molar-refractivity contribution in [2.75, 3.05) is 38.5 Å². The fourth-order valence-electron chi connectivity index (χ4n) is 3.40. The van der Waals surface area contributed by atoms with Crippen LogP contribution in [-0.2, 0) is 4.79 Å². The molecule has 0 aliphatic carbocycles. The normalized spacial score (nSPS) is 17.5. The molecule has 1 atom stereocenters. The smallest absolute Gasteiger partial charge is 0.227 e. The van der Waals surface area contributed by atoms with Crippen LogP contribution in [0.3, 0.4) is 0 Å². The molecule has 2 heterocycles. The minimum absolute atomic E-state index is 0. The topological polar surface area (TPSA) is 81.6 Å². The Hall–Kier alpha value is -1.42. The van der Waals surface area contributed by atoms with Crippen molar-refractivity contribution >= 4 is 41.7 Å². The zero-order valence-electron chi connectivity index (χ0n) is 17.3. The van der Waals surface area contributed by atoms with Gasteiger partial charge in [0.1, 0.15) is 5.82 Å². The second kappa shape index (κ2) is 13.7. The van der Waals surface area contributed by atoms with Crippen molar-refractivity contribution in [1.82, 2.24) is 20.5 Å². The lowest BCUT2D eigenvalue weighted by Crippen LogP contribution is -2.46. The molecule has 0 spiro atoms. The minimum atomic E-state index is -0.0617. The quantitative estimate of drug-likeness (QED) is 0.290. The first-order valence-corrected chi connectivity index (χ1v) is 10.0. The summed E-state index contributed by atoms with van der Waals surface area (Å²) in [5.41, 5.74) is 1.07. The maximum atomic E-state index is 12.0. The number of aliphatic imine (C=N–C) groups is 1. The average molecular weight is 502 g/mol. The van der Waals surface area contributed by atoms with E-state index in [9.17, 15) is 4.79 Å². The van der Waals surface area contributed by atoms with Gasteiger partial charge >= 0.3 is 0 Å². The number of hydrogen-bond acceptors (Lipinski definition) is 4. The number of carbonyl (C=O) groups excluding carboxylic acids is 1. The number of anilines is 1. The van der Waals surface area contributed by atoms with Crippen molar-refractivity contribution in [1.29, 1.82) is 0 Å². The number of pyridine rings is 1. The number of nitrogens with one attached hydrogen (secondary N) is 3. The lowest BCUT2D eigenvalue weighted by atomic mass is 10.0. The zero-order valence-corrected chi connectivity index (χ0v) is 19.7. The van der Waals surface area contributed by atoms with E-state index in [1.165, 1.54) is 32.2 Å². The first kappa shape index (κ1) is 24.6. The van der Waals surface area contributed by atoms with Crippen LogP contribution in [0.4, 0.5) is 5.82 Å². The average Bonchev–Trinajstić information content (AvgIpc) is 2.69. The van der Waals surface area contributed by atoms with Gasteiger partial charge in [-0.1, -0.05) is 19.4 Å². The molecule has 1 amide bonds. The van der Waals surface area contributed by atoms with Crippen LogP contribution in [0.1, 0.15) is 44.6 Å². The van der Waals surface area contributed by atoms with Crippen molar-refractivity contribution in [2.45, 2.75) is 52.0 Å². The molecular weight excluding hydrogens is 467 g/mol. The number of hydrogen-bond donors (Lipinski definition) is 3. The highest BCUT2D eigenvalue weighted by atomic mass is 127. The summed E-state index contributed by atoms with van der Waals surface area (Å²) in [4.78, 5) is 23.0. The Labute approximate surface area is 186 Å². The van der Waals surface area contributed by atoms with Crippen LogP contribution in [0.25, 0.3) is 0 Å². The maximum absolute atomic E-state index is 12.0. The van der Waals surface area contributed by atoms with Crippen LogP contribution in [0, 0.1) is 6.92 Å². The third-order valence-electron chi connectivity index (χ3n) is 4.96. The molecule has 28 heavy (non-hydrogen) atoms. The number of carbonyl (C=O) groups is 1. The Morgan fingerprint density at radius 3 is 2.75 bits per heavy atom. The molecule has 3 N–H and O–H groups in total. The van der Waals surface area contributed by atoms with Gasteiger partial charge in [-0.05, 0) is 44.4 Å². The third-order valence-corrected chi connectivity index (χ3v) is 4.96. The zero-order chi connectivity index (χ0) is 19.5. The molecule has 1 aliphatic rings. The van der Waals surface area contributed by atoms with Crippen molar-refractivity contribution in [3.05, 3.63) is 23.9 Å². The van der Waals surface area contributed by atoms with Crippen molar-refractivity contribution in [3.63, 3.8) is 0 Å². The predicted molar refractivity (Wildman–Crippen MR) is 127 cm³/mol. The fourth-order valence-corrected chi connectivity index (χ4v) is 3.40. The second-order valence-corrected chi connectivity index (χ2v) is 7.04. The van der Waals surface area contributed by atoms with Gasteiger partial charge in [0.25, 0.3) is 0 Å². The number of aromatic nitrogens is 1. The molecule has 1 aliphatic heterocycles. The Balaban J connectivity index is 0.00000392. The minimum Gasteiger partial charge on any atom is -0.356 e. The van der Waals surface area contributed by atoms with Crippen molar-refractivity contribution < 1.29 is 4.79 Å². The van der Waals surface area contributed by atoms with E-state index in [0.29, 0.717) is 18.8 Å². The Morgan fingerprint density at radius 2 is 2.07 bits per heavy atom. The molecule has 0 aromatic carbocycles. The third kappa shape index (κ3) is 8.72. The van der Waals surface area contributed by atoms with E-state index in [-0.39, 0.29) is 29.9 Å². The summed E-state index contributed by atoms with van der Waals surface area (Å²) < 4.78 is 0. The molecule has 1 fully saturated rings. The molecule has 0 radical (unpaired) electrons. The van der Waals surface area contributed by atoms with Crippen LogP contribution >= 0.6 is 24.0 Å². The number of halogens is 1. The molecule has 1 aromatic rings. The van der Waals surface area contributed by atoms with Crippen LogP contribution in [-0.4, -0.2) is 61.0 Å². The monoisotopic (exact) mass is 502 g/mol. The first-order chi connectivity index (χ1) is 13.1. The van der Waals surface area contributed by atoms with E-state index in [2.05, 4.69) is 37.8 Å². The van der Waals surface area contributed by atoms with Crippen molar-refractivity contribution in [2.24, 2.45) is 4.99 Å². The summed E-state index contributed by atoms with van der Waals surface area (Å²) in [5, 5.41) is 9.34. The molecule has 1 aromatic heterocycles. The van der Waals surface area contributed by atoms with E-state index >= 15 is 0 Å². The highest BCUT2D eigenvalue weighted by Crippen LogP contribution is 2.18. The maximum Gasteiger partial charge on any atom is 0.227 e. The molecule has 2 rings (SSSR count). The van der Waals surface area contributed by atoms with Gasteiger partial charge in [0.05, 0.1) is 0 Å². The molecule has 158 valence electrons. The van der Waals surface area contributed by atoms with Gasteiger partial charge in [-0.25, -0.2) is 4.98 Å². The number of rotatable bonds is 8. The SMILES string of the molecule is CCC1CCCCN1CCNC(=NC)NCCC(=O)Nc1ccc(C)cn1.I. The molecule has 8 heteroatoms. The summed E-state index contributed by atoms with van der Waals surface area (Å²) >= 11 is 0. The van der Waals surface area contributed by atoms with Gasteiger partial charge in [0.2, 0.25) is 5.91 Å². The van der Waals surface area contributed by atoms with E-state index in [1.54, 1.807) is 13.2 Å². The molecule has 7 nitrogen and oxygen atoms in total. The molecule has 1 unspecified atom stereocenters. The van der Waals surface area contributed by atoms with Crippen LogP contribution in [0.2, 0.25) is 0 Å². The number of amides is 1. The molecular formula is C20H35IN6O. The van der Waals surface area contributed by atoms with Crippen LogP contribution in [0.15, 0.2) is 23.3 Å². The Bertz CT molecular complexity index is 607. The van der Waals surface area contributed by atoms with Gasteiger partial charge in [0, 0.05) is 45.3 Å². The number of guanidine groups is 1. The summed E-state index contributed by atoms with van der Waals surface area (Å²) in [6, 6.07) is 4.46. The van der Waals surface area contributed by atoms with E-state index in [0.717, 1.165) is 30.7 Å². The number of nitrogens with zero attached hydrogens (tertiary/aromatic N) is 3. The summed E-state index contributed by atoms with van der Waals surface area (Å²) in [6.45, 7) is 7.84. The number of aryl methyl sites for hydroxylation is 1. The number of likely N-dealkylation sites (tertiary alicyclic amines) is 1.